The minimum Gasteiger partial charge on any atom is -0.496 e. The summed E-state index contributed by atoms with van der Waals surface area (Å²) in [6, 6.07) is 5.85. The van der Waals surface area contributed by atoms with Crippen molar-refractivity contribution >= 4 is 22.2 Å². The third-order valence-electron chi connectivity index (χ3n) is 3.63. The average molecular weight is 343 g/mol. The van der Waals surface area contributed by atoms with E-state index in [4.69, 9.17) is 14.2 Å². The third-order valence-corrected chi connectivity index (χ3v) is 4.55. The Morgan fingerprint density at radius 3 is 2.96 bits per heavy atom. The van der Waals surface area contributed by atoms with Gasteiger partial charge in [-0.15, -0.1) is 0 Å². The van der Waals surface area contributed by atoms with E-state index in [9.17, 15) is 0 Å². The first-order chi connectivity index (χ1) is 11.9. The molecule has 0 atom stereocenters. The van der Waals surface area contributed by atoms with Crippen LogP contribution in [0.1, 0.15) is 24.8 Å². The van der Waals surface area contributed by atoms with Gasteiger partial charge in [0.1, 0.15) is 6.61 Å². The van der Waals surface area contributed by atoms with Crippen LogP contribution in [0.5, 0.6) is 0 Å². The smallest absolute Gasteiger partial charge is 0.209 e. The molecule has 0 aromatic carbocycles. The number of hydrogen-bond donors (Lipinski definition) is 0. The first-order valence-corrected chi connectivity index (χ1v) is 8.69. The molecule has 0 radical (unpaired) electrons. The van der Waals surface area contributed by atoms with Crippen LogP contribution in [0.3, 0.4) is 0 Å². The van der Waals surface area contributed by atoms with Crippen molar-refractivity contribution in [3.63, 3.8) is 0 Å². The Morgan fingerprint density at radius 2 is 2.12 bits per heavy atom. The molecule has 0 amide bonds. The highest BCUT2D eigenvalue weighted by Crippen LogP contribution is 2.31. The summed E-state index contributed by atoms with van der Waals surface area (Å²) >= 11 is 1.51. The van der Waals surface area contributed by atoms with Crippen molar-refractivity contribution in [3.8, 4) is 10.6 Å². The average Bonchev–Trinajstić information content (AvgIpc) is 3.12. The number of allylic oxidation sites excluding steroid dienone is 1. The molecular weight excluding hydrogens is 326 g/mol. The summed E-state index contributed by atoms with van der Waals surface area (Å²) < 4.78 is 16.5. The second-order valence-electron chi connectivity index (χ2n) is 5.45. The van der Waals surface area contributed by atoms with E-state index >= 15 is 0 Å². The Balaban J connectivity index is 1.54. The largest absolute Gasteiger partial charge is 0.496 e. The van der Waals surface area contributed by atoms with E-state index in [1.54, 1.807) is 12.5 Å². The molecule has 0 aliphatic carbocycles. The standard InChI is InChI=1S/C17H17N3O3S/c1-5-13(20-14(6-1)16-22-8-3-9-23-16)15-10-18-17(24-15)19-12-4-2-7-21-11-12/h1-2,5-7,10,16H,3-4,8-9,11H2. The fourth-order valence-corrected chi connectivity index (χ4v) is 3.28. The van der Waals surface area contributed by atoms with Crippen molar-refractivity contribution < 1.29 is 14.2 Å². The fraction of sp³-hybridized carbons (Fsp3) is 0.353. The van der Waals surface area contributed by atoms with Crippen molar-refractivity contribution in [1.29, 1.82) is 0 Å². The lowest BCUT2D eigenvalue weighted by Crippen LogP contribution is -2.18. The van der Waals surface area contributed by atoms with E-state index < -0.39 is 0 Å². The highest BCUT2D eigenvalue weighted by molar-refractivity contribution is 7.18. The van der Waals surface area contributed by atoms with Crippen LogP contribution in [0.2, 0.25) is 0 Å². The van der Waals surface area contributed by atoms with Gasteiger partial charge in [0.2, 0.25) is 11.4 Å². The zero-order valence-electron chi connectivity index (χ0n) is 13.1. The molecule has 0 saturated carbocycles. The first kappa shape index (κ1) is 15.4. The quantitative estimate of drug-likeness (QED) is 0.851. The maximum atomic E-state index is 5.62. The number of ether oxygens (including phenoxy) is 3. The number of aliphatic imine (C=N–C) groups is 1. The minimum absolute atomic E-state index is 0.377. The number of aromatic nitrogens is 2. The summed E-state index contributed by atoms with van der Waals surface area (Å²) in [4.78, 5) is 14.6. The van der Waals surface area contributed by atoms with Crippen LogP contribution in [0.4, 0.5) is 5.13 Å². The molecular formula is C17H17N3O3S. The predicted octanol–water partition coefficient (Wildman–Crippen LogP) is 3.65. The van der Waals surface area contributed by atoms with Crippen molar-refractivity contribution in [2.24, 2.45) is 4.99 Å². The Kier molecular flexibility index (Phi) is 4.64. The topological polar surface area (TPSA) is 65.8 Å². The Bertz CT molecular complexity index is 766. The molecule has 4 heterocycles. The molecule has 2 aromatic rings. The van der Waals surface area contributed by atoms with Gasteiger partial charge in [-0.1, -0.05) is 17.4 Å². The summed E-state index contributed by atoms with van der Waals surface area (Å²) in [5.41, 5.74) is 2.62. The van der Waals surface area contributed by atoms with Crippen molar-refractivity contribution in [2.45, 2.75) is 19.1 Å². The monoisotopic (exact) mass is 343 g/mol. The summed E-state index contributed by atoms with van der Waals surface area (Å²) in [6.07, 6.45) is 6.81. The lowest BCUT2D eigenvalue weighted by molar-refractivity contribution is -0.185. The number of pyridine rings is 1. The number of hydrogen-bond acceptors (Lipinski definition) is 7. The molecule has 0 unspecified atom stereocenters. The molecule has 24 heavy (non-hydrogen) atoms. The van der Waals surface area contributed by atoms with Gasteiger partial charge in [0.15, 0.2) is 0 Å². The summed E-state index contributed by atoms with van der Waals surface area (Å²) in [5.74, 6) is 0. The van der Waals surface area contributed by atoms with E-state index in [-0.39, 0.29) is 6.29 Å². The molecule has 1 fully saturated rings. The fourth-order valence-electron chi connectivity index (χ4n) is 2.48. The zero-order valence-corrected chi connectivity index (χ0v) is 13.9. The summed E-state index contributed by atoms with van der Waals surface area (Å²) in [5, 5.41) is 0.719. The van der Waals surface area contributed by atoms with E-state index in [0.717, 1.165) is 39.9 Å². The van der Waals surface area contributed by atoms with Gasteiger partial charge in [-0.2, -0.15) is 0 Å². The molecule has 2 aromatic heterocycles. The lowest BCUT2D eigenvalue weighted by Gasteiger charge is -2.22. The van der Waals surface area contributed by atoms with E-state index in [0.29, 0.717) is 19.8 Å². The van der Waals surface area contributed by atoms with Gasteiger partial charge in [0.05, 0.1) is 41.5 Å². The van der Waals surface area contributed by atoms with Crippen LogP contribution in [0.25, 0.3) is 10.6 Å². The normalized spacial score (nSPS) is 20.2. The molecule has 0 spiro atoms. The van der Waals surface area contributed by atoms with Gasteiger partial charge >= 0.3 is 0 Å². The van der Waals surface area contributed by atoms with Crippen LogP contribution in [-0.4, -0.2) is 35.5 Å². The Hall–Kier alpha value is -2.09. The molecule has 6 nitrogen and oxygen atoms in total. The SMILES string of the molecule is C1=COCC(=Nc2ncc(-c3cccc(C4OCCCO4)n3)s2)C1. The maximum absolute atomic E-state index is 5.62. The van der Waals surface area contributed by atoms with Crippen molar-refractivity contribution in [2.75, 3.05) is 19.8 Å². The van der Waals surface area contributed by atoms with Gasteiger partial charge in [0, 0.05) is 12.6 Å². The van der Waals surface area contributed by atoms with Crippen LogP contribution in [0.15, 0.2) is 41.7 Å². The maximum Gasteiger partial charge on any atom is 0.209 e. The molecule has 7 heteroatoms. The van der Waals surface area contributed by atoms with E-state index in [1.165, 1.54) is 11.3 Å². The Labute approximate surface area is 143 Å². The first-order valence-electron chi connectivity index (χ1n) is 7.88. The van der Waals surface area contributed by atoms with Crippen molar-refractivity contribution in [1.82, 2.24) is 9.97 Å². The van der Waals surface area contributed by atoms with Crippen LogP contribution >= 0.6 is 11.3 Å². The number of nitrogens with zero attached hydrogens (tertiary/aromatic N) is 3. The van der Waals surface area contributed by atoms with Crippen LogP contribution in [-0.2, 0) is 14.2 Å². The highest BCUT2D eigenvalue weighted by Gasteiger charge is 2.18. The molecule has 2 aliphatic rings. The van der Waals surface area contributed by atoms with Gasteiger partial charge in [-0.25, -0.2) is 15.0 Å². The number of thiazole rings is 1. The van der Waals surface area contributed by atoms with Crippen LogP contribution < -0.4 is 0 Å². The second kappa shape index (κ2) is 7.21. The molecule has 0 N–H and O–H groups in total. The predicted molar refractivity (Wildman–Crippen MR) is 91.4 cm³/mol. The molecule has 0 bridgehead atoms. The van der Waals surface area contributed by atoms with E-state index in [1.807, 2.05) is 24.3 Å². The molecule has 4 rings (SSSR count). The summed E-state index contributed by atoms with van der Waals surface area (Å²) in [6.45, 7) is 1.93. The zero-order chi connectivity index (χ0) is 16.2. The lowest BCUT2D eigenvalue weighted by atomic mass is 10.2. The summed E-state index contributed by atoms with van der Waals surface area (Å²) in [7, 11) is 0. The third kappa shape index (κ3) is 3.53. The number of rotatable bonds is 3. The van der Waals surface area contributed by atoms with Gasteiger partial charge in [-0.05, 0) is 24.6 Å². The van der Waals surface area contributed by atoms with Gasteiger partial charge in [0.25, 0.3) is 0 Å². The van der Waals surface area contributed by atoms with Gasteiger partial charge < -0.3 is 14.2 Å². The highest BCUT2D eigenvalue weighted by atomic mass is 32.1. The second-order valence-corrected chi connectivity index (χ2v) is 6.46. The minimum atomic E-state index is -0.377. The van der Waals surface area contributed by atoms with Crippen molar-refractivity contribution in [3.05, 3.63) is 42.4 Å². The Morgan fingerprint density at radius 1 is 1.21 bits per heavy atom. The van der Waals surface area contributed by atoms with E-state index in [2.05, 4.69) is 15.0 Å². The van der Waals surface area contributed by atoms with Crippen LogP contribution in [0, 0.1) is 0 Å². The molecule has 1 saturated heterocycles. The molecule has 124 valence electrons. The van der Waals surface area contributed by atoms with Gasteiger partial charge in [-0.3, -0.25) is 0 Å². The molecule has 2 aliphatic heterocycles.